The first-order chi connectivity index (χ1) is 13.3. The van der Waals surface area contributed by atoms with E-state index in [2.05, 4.69) is 9.98 Å². The van der Waals surface area contributed by atoms with Gasteiger partial charge in [0.2, 0.25) is 11.7 Å². The predicted molar refractivity (Wildman–Crippen MR) is 101 cm³/mol. The summed E-state index contributed by atoms with van der Waals surface area (Å²) >= 11 is 0. The summed E-state index contributed by atoms with van der Waals surface area (Å²) in [5, 5.41) is 10.8. The first kappa shape index (κ1) is 20.0. The first-order valence-corrected chi connectivity index (χ1v) is 7.75. The number of guanidine groups is 2. The molecule has 6 N–H and O–H groups in total. The number of carbonyl (C=O) groups excluding carboxylic acids is 2. The SMILES string of the molecule is NC(N)=NC(N)=Nc1cccc(C(=O)OCC(=O)c2cccc([N+](=O)[O-])c2)c1. The van der Waals surface area contributed by atoms with E-state index in [9.17, 15) is 19.7 Å². The minimum atomic E-state index is -0.781. The number of Topliss-reactive ketones (excluding diaryl/α,β-unsaturated/α-hetero) is 1. The number of hydrogen-bond donors (Lipinski definition) is 3. The standard InChI is InChI=1S/C17H16N6O5/c18-16(19)22-17(20)21-12-5-1-4-11(7-12)15(25)28-9-14(24)10-3-2-6-13(8-10)23(26)27/h1-8H,9H2,(H6,18,19,20,21,22). The van der Waals surface area contributed by atoms with Gasteiger partial charge >= 0.3 is 5.97 Å². The lowest BCUT2D eigenvalue weighted by Crippen LogP contribution is -2.26. The number of nitro groups is 1. The van der Waals surface area contributed by atoms with Gasteiger partial charge in [0.05, 0.1) is 16.2 Å². The maximum atomic E-state index is 12.1. The van der Waals surface area contributed by atoms with Crippen LogP contribution in [0.25, 0.3) is 0 Å². The Kier molecular flexibility index (Phi) is 6.36. The number of esters is 1. The third-order valence-electron chi connectivity index (χ3n) is 3.28. The fourth-order valence-corrected chi connectivity index (χ4v) is 2.08. The van der Waals surface area contributed by atoms with Gasteiger partial charge in [-0.15, -0.1) is 0 Å². The third-order valence-corrected chi connectivity index (χ3v) is 3.28. The van der Waals surface area contributed by atoms with E-state index in [4.69, 9.17) is 21.9 Å². The minimum Gasteiger partial charge on any atom is -0.454 e. The van der Waals surface area contributed by atoms with Crippen LogP contribution in [0.5, 0.6) is 0 Å². The molecule has 0 heterocycles. The lowest BCUT2D eigenvalue weighted by molar-refractivity contribution is -0.384. The third kappa shape index (κ3) is 5.62. The molecule has 144 valence electrons. The van der Waals surface area contributed by atoms with Crippen LogP contribution in [0.2, 0.25) is 0 Å². The molecule has 0 bridgehead atoms. The maximum Gasteiger partial charge on any atom is 0.338 e. The summed E-state index contributed by atoms with van der Waals surface area (Å²) in [6.45, 7) is -0.580. The Morgan fingerprint density at radius 2 is 1.71 bits per heavy atom. The van der Waals surface area contributed by atoms with Crippen LogP contribution in [0.4, 0.5) is 11.4 Å². The van der Waals surface area contributed by atoms with Gasteiger partial charge in [-0.25, -0.2) is 9.79 Å². The molecule has 0 aliphatic heterocycles. The molecule has 28 heavy (non-hydrogen) atoms. The largest absolute Gasteiger partial charge is 0.454 e. The van der Waals surface area contributed by atoms with Crippen molar-refractivity contribution in [1.82, 2.24) is 0 Å². The number of ketones is 1. The number of nitro benzene ring substituents is 1. The smallest absolute Gasteiger partial charge is 0.338 e. The first-order valence-electron chi connectivity index (χ1n) is 7.75. The topological polar surface area (TPSA) is 189 Å². The average molecular weight is 384 g/mol. The number of nitrogens with two attached hydrogens (primary N) is 3. The highest BCUT2D eigenvalue weighted by atomic mass is 16.6. The number of aliphatic imine (C=N–C) groups is 2. The number of carbonyl (C=O) groups is 2. The molecule has 2 aromatic carbocycles. The normalized spacial score (nSPS) is 10.8. The van der Waals surface area contributed by atoms with Crippen LogP contribution < -0.4 is 17.2 Å². The van der Waals surface area contributed by atoms with Crippen molar-refractivity contribution in [2.75, 3.05) is 6.61 Å². The average Bonchev–Trinajstić information content (AvgIpc) is 2.65. The van der Waals surface area contributed by atoms with E-state index >= 15 is 0 Å². The van der Waals surface area contributed by atoms with Crippen molar-refractivity contribution in [3.05, 3.63) is 69.8 Å². The van der Waals surface area contributed by atoms with E-state index in [1.165, 1.54) is 36.4 Å². The molecule has 0 unspecified atom stereocenters. The lowest BCUT2D eigenvalue weighted by atomic mass is 10.1. The number of hydrogen-bond acceptors (Lipinski definition) is 6. The van der Waals surface area contributed by atoms with Crippen LogP contribution in [-0.4, -0.2) is 35.2 Å². The zero-order chi connectivity index (χ0) is 20.7. The van der Waals surface area contributed by atoms with E-state index in [0.29, 0.717) is 5.69 Å². The second kappa shape index (κ2) is 8.89. The van der Waals surface area contributed by atoms with Crippen molar-refractivity contribution in [2.24, 2.45) is 27.2 Å². The highest BCUT2D eigenvalue weighted by Gasteiger charge is 2.15. The molecule has 11 nitrogen and oxygen atoms in total. The number of ether oxygens (including phenoxy) is 1. The number of non-ortho nitro benzene ring substituents is 1. The Morgan fingerprint density at radius 1 is 1.04 bits per heavy atom. The van der Waals surface area contributed by atoms with Crippen molar-refractivity contribution >= 4 is 35.0 Å². The van der Waals surface area contributed by atoms with Crippen LogP contribution >= 0.6 is 0 Å². The summed E-state index contributed by atoms with van der Waals surface area (Å²) in [7, 11) is 0. The number of nitrogens with zero attached hydrogens (tertiary/aromatic N) is 3. The highest BCUT2D eigenvalue weighted by Crippen LogP contribution is 2.16. The molecule has 0 radical (unpaired) electrons. The van der Waals surface area contributed by atoms with Crippen LogP contribution in [0, 0.1) is 10.1 Å². The zero-order valence-electron chi connectivity index (χ0n) is 14.4. The van der Waals surface area contributed by atoms with Gasteiger partial charge < -0.3 is 21.9 Å². The Labute approximate surface area is 158 Å². The molecule has 2 aromatic rings. The Hall–Kier alpha value is -4.28. The van der Waals surface area contributed by atoms with Crippen LogP contribution in [-0.2, 0) is 4.74 Å². The number of rotatable bonds is 6. The maximum absolute atomic E-state index is 12.1. The van der Waals surface area contributed by atoms with Gasteiger partial charge in [0.15, 0.2) is 12.6 Å². The fraction of sp³-hybridized carbons (Fsp3) is 0.0588. The lowest BCUT2D eigenvalue weighted by Gasteiger charge is -2.05. The molecule has 0 aliphatic carbocycles. The Bertz CT molecular complexity index is 982. The molecule has 0 spiro atoms. The molecule has 2 rings (SSSR count). The summed E-state index contributed by atoms with van der Waals surface area (Å²) in [4.78, 5) is 41.8. The highest BCUT2D eigenvalue weighted by molar-refractivity contribution is 6.00. The zero-order valence-corrected chi connectivity index (χ0v) is 14.4. The summed E-state index contributed by atoms with van der Waals surface area (Å²) in [6, 6.07) is 11.0. The van der Waals surface area contributed by atoms with Crippen LogP contribution in [0.3, 0.4) is 0 Å². The van der Waals surface area contributed by atoms with Crippen molar-refractivity contribution in [1.29, 1.82) is 0 Å². The van der Waals surface area contributed by atoms with Crippen molar-refractivity contribution in [3.63, 3.8) is 0 Å². The second-order valence-electron chi connectivity index (χ2n) is 5.36. The van der Waals surface area contributed by atoms with E-state index in [0.717, 1.165) is 6.07 Å². The second-order valence-corrected chi connectivity index (χ2v) is 5.36. The molecule has 0 atom stereocenters. The van der Waals surface area contributed by atoms with Gasteiger partial charge in [0.25, 0.3) is 5.69 Å². The van der Waals surface area contributed by atoms with Gasteiger partial charge in [0.1, 0.15) is 0 Å². The van der Waals surface area contributed by atoms with E-state index in [1.54, 1.807) is 6.07 Å². The Morgan fingerprint density at radius 3 is 2.39 bits per heavy atom. The van der Waals surface area contributed by atoms with Crippen LogP contribution in [0.15, 0.2) is 58.5 Å². The quantitative estimate of drug-likeness (QED) is 0.163. The molecule has 0 fully saturated rings. The summed E-state index contributed by atoms with van der Waals surface area (Å²) in [5.41, 5.74) is 16.1. The number of benzene rings is 2. The molecule has 0 amide bonds. The molecule has 0 saturated carbocycles. The molecule has 11 heteroatoms. The molecule has 0 saturated heterocycles. The van der Waals surface area contributed by atoms with Crippen LogP contribution in [0.1, 0.15) is 20.7 Å². The summed E-state index contributed by atoms with van der Waals surface area (Å²) in [6.07, 6.45) is 0. The van der Waals surface area contributed by atoms with Crippen molar-refractivity contribution in [3.8, 4) is 0 Å². The summed E-state index contributed by atoms with van der Waals surface area (Å²) in [5.74, 6) is -1.83. The van der Waals surface area contributed by atoms with Gasteiger partial charge in [-0.1, -0.05) is 18.2 Å². The summed E-state index contributed by atoms with van der Waals surface area (Å²) < 4.78 is 4.96. The molecule has 0 aromatic heterocycles. The van der Waals surface area contributed by atoms with Gasteiger partial charge in [0, 0.05) is 17.7 Å². The van der Waals surface area contributed by atoms with Gasteiger partial charge in [-0.2, -0.15) is 4.99 Å². The van der Waals surface area contributed by atoms with E-state index in [1.807, 2.05) is 0 Å². The van der Waals surface area contributed by atoms with E-state index < -0.39 is 23.3 Å². The van der Waals surface area contributed by atoms with Gasteiger partial charge in [-0.05, 0) is 18.2 Å². The molecular weight excluding hydrogens is 368 g/mol. The van der Waals surface area contributed by atoms with Gasteiger partial charge in [-0.3, -0.25) is 14.9 Å². The predicted octanol–water partition coefficient (Wildman–Crippen LogP) is 0.854. The Balaban J connectivity index is 2.06. The molecule has 0 aliphatic rings. The molecular formula is C17H16N6O5. The minimum absolute atomic E-state index is 0.0605. The fourth-order valence-electron chi connectivity index (χ4n) is 2.08. The van der Waals surface area contributed by atoms with Crippen molar-refractivity contribution in [2.45, 2.75) is 0 Å². The van der Waals surface area contributed by atoms with E-state index in [-0.39, 0.29) is 28.7 Å². The van der Waals surface area contributed by atoms with Crippen molar-refractivity contribution < 1.29 is 19.2 Å². The monoisotopic (exact) mass is 384 g/mol.